The number of likely N-dealkylation sites (tertiary alicyclic amines) is 1. The quantitative estimate of drug-likeness (QED) is 0.621. The molecule has 2 aromatic rings. The molecule has 4 rings (SSSR count). The number of methoxy groups -OCH3 is 2. The highest BCUT2D eigenvalue weighted by molar-refractivity contribution is 5.47. The van der Waals surface area contributed by atoms with Crippen molar-refractivity contribution in [3.05, 3.63) is 53.6 Å². The highest BCUT2D eigenvalue weighted by Crippen LogP contribution is 2.43. The molecule has 0 radical (unpaired) electrons. The summed E-state index contributed by atoms with van der Waals surface area (Å²) in [5.41, 5.74) is 4.01. The van der Waals surface area contributed by atoms with Crippen LogP contribution >= 0.6 is 0 Å². The molecule has 0 N–H and O–H groups in total. The first-order valence-electron chi connectivity index (χ1n) is 11.6. The maximum absolute atomic E-state index is 5.91. The zero-order valence-corrected chi connectivity index (χ0v) is 19.3. The van der Waals surface area contributed by atoms with Crippen molar-refractivity contribution in [1.29, 1.82) is 0 Å². The van der Waals surface area contributed by atoms with Crippen molar-refractivity contribution in [2.24, 2.45) is 5.92 Å². The van der Waals surface area contributed by atoms with E-state index in [1.807, 2.05) is 6.07 Å². The molecule has 5 nitrogen and oxygen atoms in total. The van der Waals surface area contributed by atoms with Crippen molar-refractivity contribution in [3.8, 4) is 11.5 Å². The van der Waals surface area contributed by atoms with E-state index in [0.29, 0.717) is 17.9 Å². The summed E-state index contributed by atoms with van der Waals surface area (Å²) in [5.74, 6) is 2.55. The van der Waals surface area contributed by atoms with Crippen LogP contribution in [0.4, 0.5) is 5.69 Å². The Morgan fingerprint density at radius 1 is 1.00 bits per heavy atom. The molecule has 168 valence electrons. The fourth-order valence-corrected chi connectivity index (χ4v) is 5.36. The third-order valence-corrected chi connectivity index (χ3v) is 7.07. The first-order chi connectivity index (χ1) is 15.2. The van der Waals surface area contributed by atoms with Crippen LogP contribution in [0.5, 0.6) is 11.5 Å². The average molecular weight is 425 g/mol. The SMILES string of the molecule is CCN(CC)c1ccc(CN2C[C@H](c3ccc(OC)c(OC)c3)[C@H]3COCC[C@H]32)cc1. The minimum Gasteiger partial charge on any atom is -0.493 e. The summed E-state index contributed by atoms with van der Waals surface area (Å²) in [7, 11) is 3.39. The summed E-state index contributed by atoms with van der Waals surface area (Å²) >= 11 is 0. The topological polar surface area (TPSA) is 34.2 Å². The van der Waals surface area contributed by atoms with Gasteiger partial charge in [-0.25, -0.2) is 0 Å². The highest BCUT2D eigenvalue weighted by atomic mass is 16.5. The summed E-state index contributed by atoms with van der Waals surface area (Å²) in [5, 5.41) is 0. The number of anilines is 1. The lowest BCUT2D eigenvalue weighted by atomic mass is 9.83. The lowest BCUT2D eigenvalue weighted by Crippen LogP contribution is -2.38. The number of hydrogen-bond donors (Lipinski definition) is 0. The summed E-state index contributed by atoms with van der Waals surface area (Å²) in [4.78, 5) is 5.06. The maximum atomic E-state index is 5.91. The fourth-order valence-electron chi connectivity index (χ4n) is 5.36. The molecule has 0 bridgehead atoms. The zero-order valence-electron chi connectivity index (χ0n) is 19.3. The molecule has 2 aliphatic rings. The van der Waals surface area contributed by atoms with Gasteiger partial charge >= 0.3 is 0 Å². The van der Waals surface area contributed by atoms with E-state index in [9.17, 15) is 0 Å². The van der Waals surface area contributed by atoms with Gasteiger partial charge in [-0.05, 0) is 55.7 Å². The largest absolute Gasteiger partial charge is 0.493 e. The van der Waals surface area contributed by atoms with Crippen molar-refractivity contribution in [3.63, 3.8) is 0 Å². The Morgan fingerprint density at radius 2 is 1.74 bits per heavy atom. The van der Waals surface area contributed by atoms with Gasteiger partial charge in [0.15, 0.2) is 11.5 Å². The van der Waals surface area contributed by atoms with Crippen molar-refractivity contribution in [2.75, 3.05) is 52.0 Å². The van der Waals surface area contributed by atoms with E-state index in [2.05, 4.69) is 60.0 Å². The lowest BCUT2D eigenvalue weighted by molar-refractivity contribution is 0.0177. The monoisotopic (exact) mass is 424 g/mol. The van der Waals surface area contributed by atoms with Gasteiger partial charge in [0.2, 0.25) is 0 Å². The van der Waals surface area contributed by atoms with Crippen molar-refractivity contribution < 1.29 is 14.2 Å². The van der Waals surface area contributed by atoms with Gasteiger partial charge in [0, 0.05) is 56.4 Å². The summed E-state index contributed by atoms with van der Waals surface area (Å²) in [6.45, 7) is 10.2. The minimum atomic E-state index is 0.444. The standard InChI is InChI=1S/C26H36N2O3/c1-5-27(6-2)21-10-7-19(8-11-21)16-28-17-22(23-18-31-14-13-24(23)28)20-9-12-25(29-3)26(15-20)30-4/h7-12,15,22-24H,5-6,13-14,16-18H2,1-4H3/t22-,23-,24-/m1/s1. The van der Waals surface area contributed by atoms with Crippen LogP contribution in [0.15, 0.2) is 42.5 Å². The summed E-state index contributed by atoms with van der Waals surface area (Å²) in [6, 6.07) is 16.1. The molecule has 0 aromatic heterocycles. The molecule has 2 fully saturated rings. The van der Waals surface area contributed by atoms with Crippen LogP contribution in [0.2, 0.25) is 0 Å². The van der Waals surface area contributed by atoms with Gasteiger partial charge in [-0.2, -0.15) is 0 Å². The zero-order chi connectivity index (χ0) is 21.8. The second kappa shape index (κ2) is 9.92. The molecule has 2 aliphatic heterocycles. The summed E-state index contributed by atoms with van der Waals surface area (Å²) < 4.78 is 16.9. The van der Waals surface area contributed by atoms with Crippen LogP contribution in [0, 0.1) is 5.92 Å². The van der Waals surface area contributed by atoms with Crippen molar-refractivity contribution in [2.45, 2.75) is 38.8 Å². The molecule has 31 heavy (non-hydrogen) atoms. The van der Waals surface area contributed by atoms with Crippen molar-refractivity contribution in [1.82, 2.24) is 4.90 Å². The van der Waals surface area contributed by atoms with E-state index in [1.165, 1.54) is 16.8 Å². The molecule has 0 unspecified atom stereocenters. The number of fused-ring (bicyclic) bond motifs is 1. The van der Waals surface area contributed by atoms with Crippen LogP contribution in [0.25, 0.3) is 0 Å². The molecule has 2 heterocycles. The van der Waals surface area contributed by atoms with Crippen LogP contribution in [-0.4, -0.2) is 58.0 Å². The van der Waals surface area contributed by atoms with Gasteiger partial charge in [-0.3, -0.25) is 4.90 Å². The molecular weight excluding hydrogens is 388 g/mol. The number of nitrogens with zero attached hydrogens (tertiary/aromatic N) is 2. The van der Waals surface area contributed by atoms with Gasteiger partial charge in [0.25, 0.3) is 0 Å². The van der Waals surface area contributed by atoms with E-state index in [-0.39, 0.29) is 0 Å². The second-order valence-corrected chi connectivity index (χ2v) is 8.58. The molecule has 2 aromatic carbocycles. The van der Waals surface area contributed by atoms with Crippen LogP contribution in [-0.2, 0) is 11.3 Å². The number of ether oxygens (including phenoxy) is 3. The van der Waals surface area contributed by atoms with Gasteiger partial charge in [0.05, 0.1) is 20.8 Å². The second-order valence-electron chi connectivity index (χ2n) is 8.58. The Labute approximate surface area is 186 Å². The smallest absolute Gasteiger partial charge is 0.160 e. The lowest BCUT2D eigenvalue weighted by Gasteiger charge is -2.32. The van der Waals surface area contributed by atoms with Gasteiger partial charge in [-0.15, -0.1) is 0 Å². The third kappa shape index (κ3) is 4.53. The van der Waals surface area contributed by atoms with E-state index in [0.717, 1.165) is 57.3 Å². The molecule has 0 amide bonds. The minimum absolute atomic E-state index is 0.444. The molecule has 0 saturated carbocycles. The molecule has 0 aliphatic carbocycles. The average Bonchev–Trinajstić information content (AvgIpc) is 3.19. The van der Waals surface area contributed by atoms with Crippen molar-refractivity contribution >= 4 is 5.69 Å². The first-order valence-corrected chi connectivity index (χ1v) is 11.6. The van der Waals surface area contributed by atoms with E-state index in [4.69, 9.17) is 14.2 Å². The Morgan fingerprint density at radius 3 is 2.42 bits per heavy atom. The Hall–Kier alpha value is -2.24. The van der Waals surface area contributed by atoms with Crippen LogP contribution in [0.1, 0.15) is 37.3 Å². The molecular formula is C26H36N2O3. The Kier molecular flexibility index (Phi) is 7.03. The molecule has 5 heteroatoms. The maximum Gasteiger partial charge on any atom is 0.160 e. The van der Waals surface area contributed by atoms with Crippen LogP contribution in [0.3, 0.4) is 0 Å². The number of hydrogen-bond acceptors (Lipinski definition) is 5. The Bertz CT molecular complexity index is 850. The van der Waals surface area contributed by atoms with Gasteiger partial charge < -0.3 is 19.1 Å². The first kappa shape index (κ1) is 22.0. The van der Waals surface area contributed by atoms with Gasteiger partial charge in [0.1, 0.15) is 0 Å². The third-order valence-electron chi connectivity index (χ3n) is 7.07. The van der Waals surface area contributed by atoms with Gasteiger partial charge in [-0.1, -0.05) is 18.2 Å². The predicted octanol–water partition coefficient (Wildman–Crippen LogP) is 4.55. The summed E-state index contributed by atoms with van der Waals surface area (Å²) in [6.07, 6.45) is 1.10. The van der Waals surface area contributed by atoms with Crippen LogP contribution < -0.4 is 14.4 Å². The van der Waals surface area contributed by atoms with E-state index < -0.39 is 0 Å². The normalized spacial score (nSPS) is 23.4. The van der Waals surface area contributed by atoms with E-state index >= 15 is 0 Å². The molecule has 0 spiro atoms. The number of benzene rings is 2. The number of rotatable bonds is 8. The Balaban J connectivity index is 1.53. The predicted molar refractivity (Wildman–Crippen MR) is 125 cm³/mol. The van der Waals surface area contributed by atoms with E-state index in [1.54, 1.807) is 14.2 Å². The molecule has 3 atom stereocenters. The fraction of sp³-hybridized carbons (Fsp3) is 0.538. The highest BCUT2D eigenvalue weighted by Gasteiger charge is 2.44. The molecule has 2 saturated heterocycles.